The summed E-state index contributed by atoms with van der Waals surface area (Å²) < 4.78 is 0. The van der Waals surface area contributed by atoms with Gasteiger partial charge in [-0.1, -0.05) is 18.9 Å². The lowest BCUT2D eigenvalue weighted by Crippen LogP contribution is -2.05. The number of hydrogen-bond donors (Lipinski definition) is 0. The summed E-state index contributed by atoms with van der Waals surface area (Å²) >= 11 is 0. The lowest BCUT2D eigenvalue weighted by atomic mass is 9.86. The summed E-state index contributed by atoms with van der Waals surface area (Å²) in [6.07, 6.45) is 12.6. The van der Waals surface area contributed by atoms with Crippen LogP contribution >= 0.6 is 0 Å². The molecule has 0 aromatic rings. The third-order valence-corrected chi connectivity index (χ3v) is 2.34. The summed E-state index contributed by atoms with van der Waals surface area (Å²) in [7, 11) is 0. The van der Waals surface area contributed by atoms with Crippen LogP contribution in [-0.4, -0.2) is 0 Å². The molecule has 0 aliphatic heterocycles. The zero-order valence-electron chi connectivity index (χ0n) is 6.68. The largest absolute Gasteiger partial charge is 0.103 e. The molecule has 0 nitrogen and oxygen atoms in total. The van der Waals surface area contributed by atoms with Crippen LogP contribution in [0.3, 0.4) is 0 Å². The van der Waals surface area contributed by atoms with Crippen molar-refractivity contribution < 1.29 is 0 Å². The first-order valence-corrected chi connectivity index (χ1v) is 4.36. The maximum absolute atomic E-state index is 3.74. The topological polar surface area (TPSA) is 0 Å². The highest BCUT2D eigenvalue weighted by Crippen LogP contribution is 2.26. The van der Waals surface area contributed by atoms with Gasteiger partial charge in [-0.25, -0.2) is 0 Å². The van der Waals surface area contributed by atoms with Gasteiger partial charge in [-0.15, -0.1) is 6.58 Å². The van der Waals surface area contributed by atoms with Gasteiger partial charge in [0.25, 0.3) is 0 Å². The lowest BCUT2D eigenvalue weighted by Gasteiger charge is -2.20. The van der Waals surface area contributed by atoms with Crippen molar-refractivity contribution in [2.24, 2.45) is 5.92 Å². The molecular weight excluding hydrogens is 120 g/mol. The highest BCUT2D eigenvalue weighted by molar-refractivity contribution is 4.78. The van der Waals surface area contributed by atoms with Gasteiger partial charge in [0.2, 0.25) is 0 Å². The van der Waals surface area contributed by atoms with Crippen molar-refractivity contribution in [3.05, 3.63) is 19.1 Å². The molecule has 1 aliphatic carbocycles. The Morgan fingerprint density at radius 1 is 1.40 bits per heavy atom. The van der Waals surface area contributed by atoms with Crippen molar-refractivity contribution in [2.45, 2.75) is 38.5 Å². The summed E-state index contributed by atoms with van der Waals surface area (Å²) in [5, 5.41) is 0. The van der Waals surface area contributed by atoms with Crippen molar-refractivity contribution >= 4 is 0 Å². The molecule has 0 aromatic heterocycles. The molecule has 10 heavy (non-hydrogen) atoms. The van der Waals surface area contributed by atoms with Crippen LogP contribution in [0.5, 0.6) is 0 Å². The Morgan fingerprint density at radius 3 is 2.70 bits per heavy atom. The maximum atomic E-state index is 3.74. The first-order chi connectivity index (χ1) is 4.93. The number of allylic oxidation sites excluding steroid dienone is 1. The molecule has 0 atom stereocenters. The zero-order chi connectivity index (χ0) is 7.23. The van der Waals surface area contributed by atoms with Gasteiger partial charge in [-0.05, 0) is 38.0 Å². The van der Waals surface area contributed by atoms with Crippen LogP contribution in [0.25, 0.3) is 0 Å². The molecule has 0 bridgehead atoms. The van der Waals surface area contributed by atoms with Crippen LogP contribution in [0.2, 0.25) is 0 Å². The predicted octanol–water partition coefficient (Wildman–Crippen LogP) is 3.35. The first-order valence-electron chi connectivity index (χ1n) is 4.36. The summed E-state index contributed by atoms with van der Waals surface area (Å²) in [5.74, 6) is 1.00. The summed E-state index contributed by atoms with van der Waals surface area (Å²) in [6.45, 7) is 3.74. The van der Waals surface area contributed by atoms with Crippen molar-refractivity contribution in [3.63, 3.8) is 0 Å². The van der Waals surface area contributed by atoms with E-state index in [2.05, 4.69) is 13.0 Å². The molecule has 0 amide bonds. The van der Waals surface area contributed by atoms with E-state index in [9.17, 15) is 0 Å². The Bertz CT molecular complexity index is 88.2. The molecule has 0 unspecified atom stereocenters. The van der Waals surface area contributed by atoms with E-state index in [4.69, 9.17) is 0 Å². The van der Waals surface area contributed by atoms with Crippen molar-refractivity contribution in [2.75, 3.05) is 0 Å². The summed E-state index contributed by atoms with van der Waals surface area (Å²) in [6, 6.07) is 0. The second kappa shape index (κ2) is 4.54. The first kappa shape index (κ1) is 7.84. The lowest BCUT2D eigenvalue weighted by molar-refractivity contribution is 0.383. The van der Waals surface area contributed by atoms with Crippen LogP contribution in [-0.2, 0) is 0 Å². The minimum absolute atomic E-state index is 1.00. The van der Waals surface area contributed by atoms with Crippen LogP contribution in [0, 0.1) is 12.3 Å². The van der Waals surface area contributed by atoms with E-state index in [-0.39, 0.29) is 0 Å². The molecule has 1 saturated carbocycles. The molecule has 0 aromatic carbocycles. The van der Waals surface area contributed by atoms with Gasteiger partial charge in [0.15, 0.2) is 0 Å². The van der Waals surface area contributed by atoms with Gasteiger partial charge >= 0.3 is 0 Å². The molecular formula is C10H17. The fourth-order valence-corrected chi connectivity index (χ4v) is 1.64. The van der Waals surface area contributed by atoms with Crippen molar-refractivity contribution in [1.29, 1.82) is 0 Å². The molecule has 1 radical (unpaired) electrons. The molecule has 1 aliphatic rings. The summed E-state index contributed by atoms with van der Waals surface area (Å²) in [5.41, 5.74) is 0. The summed E-state index contributed by atoms with van der Waals surface area (Å²) in [4.78, 5) is 0. The molecule has 1 fully saturated rings. The van der Waals surface area contributed by atoms with Crippen LogP contribution < -0.4 is 0 Å². The van der Waals surface area contributed by atoms with E-state index >= 15 is 0 Å². The molecule has 57 valence electrons. The average molecular weight is 137 g/mol. The zero-order valence-corrected chi connectivity index (χ0v) is 6.68. The van der Waals surface area contributed by atoms with Crippen LogP contribution in [0.4, 0.5) is 0 Å². The highest BCUT2D eigenvalue weighted by Gasteiger charge is 2.11. The second-order valence-corrected chi connectivity index (χ2v) is 3.18. The van der Waals surface area contributed by atoms with Gasteiger partial charge in [0, 0.05) is 0 Å². The minimum atomic E-state index is 1.00. The van der Waals surface area contributed by atoms with E-state index in [1.54, 1.807) is 0 Å². The van der Waals surface area contributed by atoms with Crippen molar-refractivity contribution in [3.8, 4) is 0 Å². The molecule has 0 N–H and O–H groups in total. The average Bonchev–Trinajstić information content (AvgIpc) is 2.03. The fourth-order valence-electron chi connectivity index (χ4n) is 1.64. The Kier molecular flexibility index (Phi) is 3.56. The van der Waals surface area contributed by atoms with Gasteiger partial charge in [-0.3, -0.25) is 0 Å². The monoisotopic (exact) mass is 137 g/mol. The van der Waals surface area contributed by atoms with E-state index < -0.39 is 0 Å². The van der Waals surface area contributed by atoms with Gasteiger partial charge < -0.3 is 0 Å². The fraction of sp³-hybridized carbons (Fsp3) is 0.700. The van der Waals surface area contributed by atoms with Gasteiger partial charge in [0.1, 0.15) is 0 Å². The molecule has 1 rings (SSSR count). The van der Waals surface area contributed by atoms with Gasteiger partial charge in [0.05, 0.1) is 0 Å². The third-order valence-electron chi connectivity index (χ3n) is 2.34. The Hall–Kier alpha value is -0.260. The van der Waals surface area contributed by atoms with E-state index in [1.165, 1.54) is 38.5 Å². The quantitative estimate of drug-likeness (QED) is 0.523. The predicted molar refractivity (Wildman–Crippen MR) is 45.7 cm³/mol. The van der Waals surface area contributed by atoms with Gasteiger partial charge in [-0.2, -0.15) is 0 Å². The smallest absolute Gasteiger partial charge is 0.0351 e. The minimum Gasteiger partial charge on any atom is -0.103 e. The SMILES string of the molecule is C=CCCC1CC[CH]CC1. The molecule has 0 saturated heterocycles. The van der Waals surface area contributed by atoms with Crippen molar-refractivity contribution in [1.82, 2.24) is 0 Å². The van der Waals surface area contributed by atoms with Crippen LogP contribution in [0.1, 0.15) is 38.5 Å². The number of rotatable bonds is 3. The molecule has 0 heterocycles. The second-order valence-electron chi connectivity index (χ2n) is 3.18. The normalized spacial score (nSPS) is 20.8. The standard InChI is InChI=1S/C10H17/c1-2-3-7-10-8-5-4-6-9-10/h2,4,10H,1,3,5-9H2. The maximum Gasteiger partial charge on any atom is -0.0351 e. The number of hydrogen-bond acceptors (Lipinski definition) is 0. The Morgan fingerprint density at radius 2 is 2.10 bits per heavy atom. The van der Waals surface area contributed by atoms with E-state index in [0.29, 0.717) is 0 Å². The van der Waals surface area contributed by atoms with E-state index in [1.807, 2.05) is 6.08 Å². The Labute approximate surface area is 64.3 Å². The van der Waals surface area contributed by atoms with E-state index in [0.717, 1.165) is 5.92 Å². The molecule has 0 spiro atoms. The molecule has 0 heteroatoms. The third kappa shape index (κ3) is 2.55. The Balaban J connectivity index is 2.07. The highest BCUT2D eigenvalue weighted by atomic mass is 14.2. The van der Waals surface area contributed by atoms with Crippen LogP contribution in [0.15, 0.2) is 12.7 Å².